The lowest BCUT2D eigenvalue weighted by Crippen LogP contribution is -2.67. The van der Waals surface area contributed by atoms with Crippen LogP contribution in [-0.2, 0) is 9.22 Å². The molecule has 0 heterocycles. The predicted octanol–water partition coefficient (Wildman–Crippen LogP) is 3.28. The summed E-state index contributed by atoms with van der Waals surface area (Å²) in [5.41, 5.74) is 0. The zero-order valence-corrected chi connectivity index (χ0v) is 15.8. The van der Waals surface area contributed by atoms with Gasteiger partial charge in [-0.2, -0.15) is 0 Å². The van der Waals surface area contributed by atoms with Crippen LogP contribution in [0.15, 0.2) is 60.7 Å². The molecule has 24 heavy (non-hydrogen) atoms. The van der Waals surface area contributed by atoms with E-state index in [1.807, 2.05) is 36.4 Å². The van der Waals surface area contributed by atoms with Gasteiger partial charge in [0.15, 0.2) is 0 Å². The average Bonchev–Trinajstić information content (AvgIpc) is 2.56. The SMILES string of the molecule is C[C@@H](CO[Si](c1ccccc1)(c1ccccc1)C(C)(C)C)C(=O)O. The van der Waals surface area contributed by atoms with E-state index in [1.54, 1.807) is 6.92 Å². The van der Waals surface area contributed by atoms with Crippen LogP contribution in [0.1, 0.15) is 27.7 Å². The van der Waals surface area contributed by atoms with Gasteiger partial charge in [-0.05, 0) is 22.3 Å². The Hall–Kier alpha value is -1.91. The fourth-order valence-corrected chi connectivity index (χ4v) is 7.74. The summed E-state index contributed by atoms with van der Waals surface area (Å²) in [5.74, 6) is -1.36. The average molecular weight is 343 g/mol. The standard InChI is InChI=1S/C20H26O3Si/c1-16(19(21)22)15-23-24(20(2,3)4,17-11-7-5-8-12-17)18-13-9-6-10-14-18/h5-14,16H,15H2,1-4H3,(H,21,22)/t16-/m0/s1. The number of benzene rings is 2. The maximum Gasteiger partial charge on any atom is 0.308 e. The molecule has 1 atom stereocenters. The molecule has 0 radical (unpaired) electrons. The first kappa shape index (κ1) is 18.4. The summed E-state index contributed by atoms with van der Waals surface area (Å²) in [6, 6.07) is 20.5. The van der Waals surface area contributed by atoms with Crippen molar-refractivity contribution in [3.05, 3.63) is 60.7 Å². The fraction of sp³-hybridized carbons (Fsp3) is 0.350. The van der Waals surface area contributed by atoms with E-state index in [1.165, 1.54) is 10.4 Å². The highest BCUT2D eigenvalue weighted by Crippen LogP contribution is 2.36. The normalized spacial score (nSPS) is 13.5. The van der Waals surface area contributed by atoms with Gasteiger partial charge in [-0.15, -0.1) is 0 Å². The molecule has 0 amide bonds. The molecule has 0 unspecified atom stereocenters. The van der Waals surface area contributed by atoms with E-state index < -0.39 is 20.2 Å². The second kappa shape index (κ2) is 7.32. The van der Waals surface area contributed by atoms with Crippen molar-refractivity contribution < 1.29 is 14.3 Å². The number of aliphatic carboxylic acids is 1. The molecule has 0 saturated heterocycles. The molecule has 2 rings (SSSR count). The fourth-order valence-electron chi connectivity index (χ4n) is 3.08. The molecular formula is C20H26O3Si. The van der Waals surface area contributed by atoms with Crippen LogP contribution in [0.3, 0.4) is 0 Å². The Balaban J connectivity index is 2.59. The lowest BCUT2D eigenvalue weighted by molar-refractivity contribution is -0.142. The predicted molar refractivity (Wildman–Crippen MR) is 100 cm³/mol. The van der Waals surface area contributed by atoms with Gasteiger partial charge in [-0.25, -0.2) is 0 Å². The summed E-state index contributed by atoms with van der Waals surface area (Å²) in [5, 5.41) is 11.5. The summed E-state index contributed by atoms with van der Waals surface area (Å²) in [6.45, 7) is 8.46. The van der Waals surface area contributed by atoms with Gasteiger partial charge in [0.25, 0.3) is 8.32 Å². The number of rotatable bonds is 6. The monoisotopic (exact) mass is 342 g/mol. The quantitative estimate of drug-likeness (QED) is 0.820. The van der Waals surface area contributed by atoms with Crippen molar-refractivity contribution in [2.75, 3.05) is 6.61 Å². The molecular weight excluding hydrogens is 316 g/mol. The van der Waals surface area contributed by atoms with E-state index in [9.17, 15) is 9.90 Å². The van der Waals surface area contributed by atoms with E-state index >= 15 is 0 Å². The smallest absolute Gasteiger partial charge is 0.308 e. The minimum atomic E-state index is -2.62. The van der Waals surface area contributed by atoms with Crippen molar-refractivity contribution in [2.24, 2.45) is 5.92 Å². The van der Waals surface area contributed by atoms with Gasteiger partial charge in [-0.3, -0.25) is 4.79 Å². The molecule has 0 saturated carbocycles. The second-order valence-electron chi connectivity index (χ2n) is 7.21. The number of carboxylic acids is 1. The third-order valence-corrected chi connectivity index (χ3v) is 9.39. The Morgan fingerprint density at radius 2 is 1.42 bits per heavy atom. The van der Waals surface area contributed by atoms with Crippen molar-refractivity contribution >= 4 is 24.7 Å². The topological polar surface area (TPSA) is 46.5 Å². The summed E-state index contributed by atoms with van der Waals surface area (Å²) in [4.78, 5) is 11.3. The molecule has 1 N–H and O–H groups in total. The Kier molecular flexibility index (Phi) is 5.62. The first-order chi connectivity index (χ1) is 11.3. The van der Waals surface area contributed by atoms with Crippen LogP contribution in [0.25, 0.3) is 0 Å². The number of hydrogen-bond donors (Lipinski definition) is 1. The molecule has 4 heteroatoms. The molecule has 0 aromatic heterocycles. The van der Waals surface area contributed by atoms with E-state index in [0.717, 1.165) is 0 Å². The van der Waals surface area contributed by atoms with E-state index in [2.05, 4.69) is 45.0 Å². The molecule has 3 nitrogen and oxygen atoms in total. The molecule has 0 aliphatic rings. The van der Waals surface area contributed by atoms with Gasteiger partial charge >= 0.3 is 5.97 Å². The highest BCUT2D eigenvalue weighted by atomic mass is 28.4. The number of carboxylic acid groups (broad SMARTS) is 1. The summed E-state index contributed by atoms with van der Waals surface area (Å²) in [6.07, 6.45) is 0. The molecule has 2 aromatic carbocycles. The zero-order valence-electron chi connectivity index (χ0n) is 14.8. The van der Waals surface area contributed by atoms with Crippen molar-refractivity contribution in [1.82, 2.24) is 0 Å². The van der Waals surface area contributed by atoms with Crippen LogP contribution in [0.2, 0.25) is 5.04 Å². The summed E-state index contributed by atoms with van der Waals surface area (Å²) >= 11 is 0. The van der Waals surface area contributed by atoms with E-state index in [4.69, 9.17) is 4.43 Å². The summed E-state index contributed by atoms with van der Waals surface area (Å²) in [7, 11) is -2.62. The Bertz CT molecular complexity index is 623. The zero-order chi connectivity index (χ0) is 17.8. The van der Waals surface area contributed by atoms with Gasteiger partial charge < -0.3 is 9.53 Å². The van der Waals surface area contributed by atoms with Crippen LogP contribution in [0, 0.1) is 5.92 Å². The van der Waals surface area contributed by atoms with E-state index in [-0.39, 0.29) is 11.6 Å². The highest BCUT2D eigenvalue weighted by Gasteiger charge is 2.50. The Morgan fingerprint density at radius 1 is 1.00 bits per heavy atom. The number of hydrogen-bond acceptors (Lipinski definition) is 2. The first-order valence-corrected chi connectivity index (χ1v) is 10.2. The molecule has 2 aromatic rings. The molecule has 0 bridgehead atoms. The first-order valence-electron chi connectivity index (χ1n) is 8.27. The molecule has 0 aliphatic heterocycles. The van der Waals surface area contributed by atoms with Gasteiger partial charge in [0, 0.05) is 6.61 Å². The minimum absolute atomic E-state index is 0.131. The maximum atomic E-state index is 11.3. The van der Waals surface area contributed by atoms with Crippen LogP contribution >= 0.6 is 0 Å². The highest BCUT2D eigenvalue weighted by molar-refractivity contribution is 6.99. The van der Waals surface area contributed by atoms with Crippen LogP contribution in [-0.4, -0.2) is 26.0 Å². The van der Waals surface area contributed by atoms with Gasteiger partial charge in [0.2, 0.25) is 0 Å². The van der Waals surface area contributed by atoms with Crippen molar-refractivity contribution in [1.29, 1.82) is 0 Å². The maximum absolute atomic E-state index is 11.3. The Morgan fingerprint density at radius 3 is 1.75 bits per heavy atom. The third-order valence-electron chi connectivity index (χ3n) is 4.39. The molecule has 0 aliphatic carbocycles. The molecule has 0 fully saturated rings. The summed E-state index contributed by atoms with van der Waals surface area (Å²) < 4.78 is 6.55. The van der Waals surface area contributed by atoms with E-state index in [0.29, 0.717) is 0 Å². The minimum Gasteiger partial charge on any atom is -0.481 e. The molecule has 128 valence electrons. The van der Waals surface area contributed by atoms with Gasteiger partial charge in [0.1, 0.15) is 0 Å². The second-order valence-corrected chi connectivity index (χ2v) is 11.5. The number of carbonyl (C=O) groups is 1. The van der Waals surface area contributed by atoms with Crippen LogP contribution < -0.4 is 10.4 Å². The largest absolute Gasteiger partial charge is 0.481 e. The van der Waals surface area contributed by atoms with Crippen molar-refractivity contribution in [2.45, 2.75) is 32.7 Å². The van der Waals surface area contributed by atoms with Crippen LogP contribution in [0.4, 0.5) is 0 Å². The van der Waals surface area contributed by atoms with Crippen LogP contribution in [0.5, 0.6) is 0 Å². The van der Waals surface area contributed by atoms with Gasteiger partial charge in [0.05, 0.1) is 5.92 Å². The van der Waals surface area contributed by atoms with Crippen molar-refractivity contribution in [3.8, 4) is 0 Å². The van der Waals surface area contributed by atoms with Crippen molar-refractivity contribution in [3.63, 3.8) is 0 Å². The lowest BCUT2D eigenvalue weighted by Gasteiger charge is -2.43. The molecule has 0 spiro atoms. The third kappa shape index (κ3) is 3.60. The lowest BCUT2D eigenvalue weighted by atomic mass is 10.2. The van der Waals surface area contributed by atoms with Gasteiger partial charge in [-0.1, -0.05) is 81.4 Å². The Labute approximate surface area is 145 Å².